The van der Waals surface area contributed by atoms with E-state index in [1.54, 1.807) is 12.1 Å². The maximum Gasteiger partial charge on any atom is 0.426 e. The number of carbonyl (C=O) groups is 6. The van der Waals surface area contributed by atoms with Crippen LogP contribution in [0.25, 0.3) is 0 Å². The Balaban J connectivity index is 0.000000140. The number of phenols is 1. The summed E-state index contributed by atoms with van der Waals surface area (Å²) >= 11 is 0. The molecule has 22 rings (SSSR count). The van der Waals surface area contributed by atoms with Gasteiger partial charge >= 0.3 is 54.3 Å². The zero-order valence-electron chi connectivity index (χ0n) is 79.7. The lowest BCUT2D eigenvalue weighted by Gasteiger charge is -2.59. The van der Waals surface area contributed by atoms with Gasteiger partial charge in [0.1, 0.15) is 33.4 Å². The summed E-state index contributed by atoms with van der Waals surface area (Å²) in [5.41, 5.74) is -6.28. The quantitative estimate of drug-likeness (QED) is 0.0139. The summed E-state index contributed by atoms with van der Waals surface area (Å²) in [5.74, 6) is -8.92. The summed E-state index contributed by atoms with van der Waals surface area (Å²) < 4.78 is 253. The van der Waals surface area contributed by atoms with Crippen LogP contribution in [0.15, 0.2) is 335 Å². The number of carbonyl (C=O) groups excluding carboxylic acids is 6. The van der Waals surface area contributed by atoms with E-state index in [1.165, 1.54) is 64.8 Å². The van der Waals surface area contributed by atoms with Crippen LogP contribution in [0.2, 0.25) is 0 Å². The molecule has 0 aromatic heterocycles. The molecule has 9 aromatic rings. The van der Waals surface area contributed by atoms with Gasteiger partial charge in [-0.2, -0.15) is 39.5 Å². The SMILES string of the molecule is C=C(C)C(=O)OC12CC3CC(C1)CC(C(=O)OC(CS(=O)(=O)[O-])C(F)(F)F)(C3)C2.C=C(C)C(=O)OC12CC3CC(C1)CC(C(=O)OC(CS(=O)(=O)[O-])C(F)(F)F)(C3)C2.C=C(C)C(=O)OC12CC3CC(C1)CC(C(=O)OC(CS(=O)(=O)[O-])C(F)(F)F)(C3)C2.Oc1ccc([S+](c2ccccc2)c2ccccc2)cc1.c1ccc([S+](c2ccccc2)c2ccccc2)cc1.c1ccc([S+]2c3ccccc3Oc3ccccc32)cc1. The zero-order valence-corrected chi connectivity index (χ0v) is 84.6. The standard InChI is InChI=1S/3C18H23F3O7S.C18H13OS.C18H14OS.C18H15S/c3*1-10(2)14(22)28-17-6-11-3-12(7-17)5-16(4-11,9-17)15(23)27-13(18(19,20)21)8-29(24,25)26;1-2-8-14(9-3-1)20-17-12-6-4-10-15(17)19-16-11-5-7-13-18(16)20;19-15-11-13-18(14-12-15)20(16-7-3-1-4-8-16)17-9-5-2-6-10-17;1-4-10-16(11-5-1)19(17-12-6-2-7-13-17)18-14-8-3-9-15-18/h3*11-13H,1,3-9H2,2H3,(H,24,25,26);1-13H;1-14H;1-15H/q;;;+1;;+1/p-2. The summed E-state index contributed by atoms with van der Waals surface area (Å²) in [6.07, 6.45) is -17.6. The number of benzene rings is 9. The Kier molecular flexibility index (Phi) is 33.8. The van der Waals surface area contributed by atoms with Crippen LogP contribution in [-0.4, -0.2) is 151 Å². The molecule has 1 heterocycles. The maximum absolute atomic E-state index is 13.2. The third-order valence-corrected chi connectivity index (χ3v) is 36.4. The summed E-state index contributed by atoms with van der Waals surface area (Å²) in [7, 11) is -16.0. The smallest absolute Gasteiger partial charge is 0.426 e. The van der Waals surface area contributed by atoms with E-state index in [0.717, 1.165) is 30.8 Å². The topological polar surface area (TPSA) is 359 Å². The van der Waals surface area contributed by atoms with Crippen molar-refractivity contribution < 1.29 is 145 Å². The number of hydrogen-bond acceptors (Lipinski definition) is 23. The molecule has 0 radical (unpaired) electrons. The van der Waals surface area contributed by atoms with Crippen molar-refractivity contribution in [1.29, 1.82) is 0 Å². The largest absolute Gasteiger partial charge is 0.748 e. The summed E-state index contributed by atoms with van der Waals surface area (Å²) in [5, 5.41) is 9.48. The van der Waals surface area contributed by atoms with Crippen LogP contribution in [0.4, 0.5) is 39.5 Å². The molecule has 12 aliphatic carbocycles. The zero-order chi connectivity index (χ0) is 106. The van der Waals surface area contributed by atoms with Crippen LogP contribution >= 0.6 is 0 Å². The van der Waals surface area contributed by atoms with Crippen LogP contribution < -0.4 is 4.74 Å². The molecule has 9 unspecified atom stereocenters. The van der Waals surface area contributed by atoms with Crippen molar-refractivity contribution in [3.05, 3.63) is 291 Å². The Morgan fingerprint density at radius 3 is 0.801 bits per heavy atom. The Hall–Kier alpha value is -11.2. The fourth-order valence-electron chi connectivity index (χ4n) is 23.0. The predicted molar refractivity (Wildman–Crippen MR) is 520 cm³/mol. The Labute approximate surface area is 850 Å². The van der Waals surface area contributed by atoms with Crippen molar-refractivity contribution in [3.63, 3.8) is 0 Å². The molecule has 12 saturated carbocycles. The van der Waals surface area contributed by atoms with Gasteiger partial charge in [0.25, 0.3) is 0 Å². The second-order valence-electron chi connectivity index (χ2n) is 39.5. The fourth-order valence-corrected chi connectivity index (χ4v) is 31.3. The number of fused-ring (bicyclic) bond motifs is 2. The number of alkyl halides is 9. The molecule has 0 amide bonds. The summed E-state index contributed by atoms with van der Waals surface area (Å²) in [4.78, 5) is 86.4. The second kappa shape index (κ2) is 44.7. The average Bonchev–Trinajstić information content (AvgIpc) is 0.720. The van der Waals surface area contributed by atoms with E-state index in [4.69, 9.17) is 18.9 Å². The normalized spacial score (nSPS) is 25.2. The molecular weight excluding hydrogens is 2030 g/mol. The lowest BCUT2D eigenvalue weighted by atomic mass is 9.48. The fraction of sp³-hybridized carbons (Fsp3) is 0.389. The van der Waals surface area contributed by atoms with E-state index in [9.17, 15) is 112 Å². The lowest BCUT2D eigenvalue weighted by Crippen LogP contribution is -2.60. The molecule has 1 N–H and O–H groups in total. The molecule has 9 aromatic carbocycles. The molecule has 23 nitrogen and oxygen atoms in total. The number of para-hydroxylation sites is 2. The predicted octanol–water partition coefficient (Wildman–Crippen LogP) is 21.5. The van der Waals surface area contributed by atoms with Gasteiger partial charge in [-0.05, 0) is 274 Å². The van der Waals surface area contributed by atoms with Gasteiger partial charge in [0.15, 0.2) is 45.8 Å². The number of halogens is 9. The van der Waals surface area contributed by atoms with Crippen LogP contribution in [0, 0.1) is 51.8 Å². The highest BCUT2D eigenvalue weighted by Crippen LogP contribution is 2.67. The first-order valence-electron chi connectivity index (χ1n) is 47.1. The average molecular weight is 2140 g/mol. The van der Waals surface area contributed by atoms with Gasteiger partial charge in [-0.25, -0.2) is 39.6 Å². The van der Waals surface area contributed by atoms with Crippen LogP contribution in [0.5, 0.6) is 17.2 Å². The maximum atomic E-state index is 13.2. The first-order valence-corrected chi connectivity index (χ1v) is 55.5. The van der Waals surface area contributed by atoms with Gasteiger partial charge in [-0.15, -0.1) is 0 Å². The highest BCUT2D eigenvalue weighted by atomic mass is 32.2. The molecule has 0 spiro atoms. The van der Waals surface area contributed by atoms with Gasteiger partial charge < -0.3 is 51.9 Å². The number of hydrogen-bond donors (Lipinski definition) is 1. The Morgan fingerprint density at radius 2 is 0.575 bits per heavy atom. The van der Waals surface area contributed by atoms with Gasteiger partial charge in [0.05, 0.1) is 85.6 Å². The number of aromatic hydroxyl groups is 1. The first-order chi connectivity index (χ1) is 68.6. The van der Waals surface area contributed by atoms with Crippen molar-refractivity contribution in [2.24, 2.45) is 51.8 Å². The molecule has 1 aliphatic heterocycles. The van der Waals surface area contributed by atoms with E-state index >= 15 is 0 Å². The van der Waals surface area contributed by atoms with E-state index in [1.807, 2.05) is 48.5 Å². The lowest BCUT2D eigenvalue weighted by molar-refractivity contribution is -0.237. The van der Waals surface area contributed by atoms with E-state index in [0.29, 0.717) is 44.3 Å². The van der Waals surface area contributed by atoms with Crippen LogP contribution in [0.1, 0.15) is 136 Å². The molecule has 778 valence electrons. The molecule has 9 atom stereocenters. The van der Waals surface area contributed by atoms with Gasteiger partial charge in [-0.1, -0.05) is 153 Å². The molecular formula is C108H109F9O23S6. The Bertz CT molecular complexity index is 6040. The van der Waals surface area contributed by atoms with Crippen molar-refractivity contribution in [1.82, 2.24) is 0 Å². The minimum absolute atomic E-state index is 0.0134. The molecule has 38 heteroatoms. The van der Waals surface area contributed by atoms with Gasteiger partial charge in [0.2, 0.25) is 28.1 Å². The van der Waals surface area contributed by atoms with Gasteiger partial charge in [-0.3, -0.25) is 14.4 Å². The summed E-state index contributed by atoms with van der Waals surface area (Å²) in [6, 6.07) is 87.9. The first kappa shape index (κ1) is 110. The Morgan fingerprint density at radius 1 is 0.356 bits per heavy atom. The number of esters is 6. The van der Waals surface area contributed by atoms with Crippen molar-refractivity contribution >= 4 is 98.9 Å². The minimum atomic E-state index is -5.27. The number of ether oxygens (including phenoxy) is 7. The van der Waals surface area contributed by atoms with E-state index < -0.39 is 153 Å². The summed E-state index contributed by atoms with van der Waals surface area (Å²) in [6.45, 7) is 15.0. The van der Waals surface area contributed by atoms with Gasteiger partial charge in [0, 0.05) is 36.0 Å². The molecule has 0 saturated heterocycles. The third-order valence-electron chi connectivity index (χ3n) is 27.5. The number of phenolic OH excluding ortho intramolecular Hbond substituents is 1. The molecule has 13 aliphatic rings. The van der Waals surface area contributed by atoms with E-state index in [2.05, 4.69) is 228 Å². The van der Waals surface area contributed by atoms with Crippen LogP contribution in [-0.2, 0) is 120 Å². The van der Waals surface area contributed by atoms with E-state index in [-0.39, 0.29) is 143 Å². The van der Waals surface area contributed by atoms with Crippen molar-refractivity contribution in [3.8, 4) is 17.2 Å². The number of rotatable bonds is 25. The molecule has 146 heavy (non-hydrogen) atoms. The minimum Gasteiger partial charge on any atom is -0.748 e. The van der Waals surface area contributed by atoms with Crippen molar-refractivity contribution in [2.45, 2.75) is 234 Å². The second-order valence-corrected chi connectivity index (χ2v) is 49.9. The highest BCUT2D eigenvalue weighted by molar-refractivity contribution is 7.97. The third kappa shape index (κ3) is 27.6. The highest BCUT2D eigenvalue weighted by Gasteiger charge is 2.68. The molecule has 12 bridgehead atoms. The van der Waals surface area contributed by atoms with Crippen LogP contribution in [0.3, 0.4) is 0 Å². The molecule has 12 fully saturated rings. The monoisotopic (exact) mass is 2140 g/mol. The van der Waals surface area contributed by atoms with Crippen molar-refractivity contribution in [2.75, 3.05) is 17.3 Å².